The Morgan fingerprint density at radius 2 is 2.08 bits per heavy atom. The molecule has 1 atom stereocenters. The van der Waals surface area contributed by atoms with Crippen LogP contribution in [-0.2, 0) is 23.2 Å². The third-order valence-corrected chi connectivity index (χ3v) is 4.12. The summed E-state index contributed by atoms with van der Waals surface area (Å²) < 4.78 is 2.79. The normalized spacial score (nSPS) is 17.8. The lowest BCUT2D eigenvalue weighted by molar-refractivity contribution is -0.135. The summed E-state index contributed by atoms with van der Waals surface area (Å²) in [5.41, 5.74) is 1.49. The number of amides is 3. The predicted molar refractivity (Wildman–Crippen MR) is 83.5 cm³/mol. The maximum absolute atomic E-state index is 12.5. The average Bonchev–Trinajstić information content (AvgIpc) is 2.77. The van der Waals surface area contributed by atoms with Gasteiger partial charge in [-0.1, -0.05) is 6.07 Å². The number of hydrogen-bond donors (Lipinski definition) is 3. The van der Waals surface area contributed by atoms with Crippen LogP contribution in [0.3, 0.4) is 0 Å². The highest BCUT2D eigenvalue weighted by molar-refractivity contribution is 6.00. The Bertz CT molecular complexity index is 910. The number of imide groups is 1. The summed E-state index contributed by atoms with van der Waals surface area (Å²) in [7, 11) is 1.58. The van der Waals surface area contributed by atoms with Gasteiger partial charge in [-0.15, -0.1) is 0 Å². The monoisotopic (exact) mass is 332 g/mol. The third kappa shape index (κ3) is 2.64. The zero-order valence-corrected chi connectivity index (χ0v) is 12.9. The molecule has 1 saturated heterocycles. The fourth-order valence-electron chi connectivity index (χ4n) is 2.93. The lowest BCUT2D eigenvalue weighted by atomic mass is 10.1. The smallest absolute Gasteiger partial charge is 0.404 e. The molecule has 9 nitrogen and oxygen atoms in total. The van der Waals surface area contributed by atoms with Crippen LogP contribution >= 0.6 is 0 Å². The highest BCUT2D eigenvalue weighted by atomic mass is 16.4. The Morgan fingerprint density at radius 1 is 1.33 bits per heavy atom. The van der Waals surface area contributed by atoms with E-state index in [0.29, 0.717) is 16.6 Å². The molecule has 0 saturated carbocycles. The molecular weight excluding hydrogens is 316 g/mol. The molecule has 2 heterocycles. The van der Waals surface area contributed by atoms with E-state index >= 15 is 0 Å². The fraction of sp³-hybridized carbons (Fsp3) is 0.333. The molecule has 1 aromatic carbocycles. The zero-order chi connectivity index (χ0) is 17.4. The lowest BCUT2D eigenvalue weighted by Crippen LogP contribution is -2.44. The minimum Gasteiger partial charge on any atom is -0.465 e. The van der Waals surface area contributed by atoms with Gasteiger partial charge in [-0.25, -0.2) is 9.59 Å². The van der Waals surface area contributed by atoms with Crippen molar-refractivity contribution < 1.29 is 19.5 Å². The Morgan fingerprint density at radius 3 is 2.75 bits per heavy atom. The van der Waals surface area contributed by atoms with Crippen molar-refractivity contribution in [3.63, 3.8) is 0 Å². The van der Waals surface area contributed by atoms with E-state index in [1.807, 2.05) is 0 Å². The van der Waals surface area contributed by atoms with Crippen LogP contribution in [0.5, 0.6) is 0 Å². The molecule has 9 heteroatoms. The second-order valence-electron chi connectivity index (χ2n) is 5.66. The number of hydrogen-bond acceptors (Lipinski definition) is 4. The number of carbonyl (C=O) groups excluding carboxylic acids is 2. The molecule has 1 fully saturated rings. The highest BCUT2D eigenvalue weighted by Crippen LogP contribution is 2.23. The van der Waals surface area contributed by atoms with Crippen LogP contribution in [-0.4, -0.2) is 32.1 Å². The highest BCUT2D eigenvalue weighted by Gasteiger charge is 2.31. The molecule has 126 valence electrons. The van der Waals surface area contributed by atoms with Crippen LogP contribution in [0.1, 0.15) is 24.4 Å². The number of carbonyl (C=O) groups is 3. The number of nitrogens with one attached hydrogen (secondary N) is 2. The molecule has 0 radical (unpaired) electrons. The fourth-order valence-corrected chi connectivity index (χ4v) is 2.93. The van der Waals surface area contributed by atoms with E-state index in [2.05, 4.69) is 10.6 Å². The summed E-state index contributed by atoms with van der Waals surface area (Å²) in [6.45, 7) is 0.114. The first-order valence-electron chi connectivity index (χ1n) is 7.39. The number of benzene rings is 1. The van der Waals surface area contributed by atoms with Crippen LogP contribution < -0.4 is 16.3 Å². The van der Waals surface area contributed by atoms with Gasteiger partial charge in [-0.05, 0) is 24.1 Å². The van der Waals surface area contributed by atoms with E-state index in [1.54, 1.807) is 25.2 Å². The van der Waals surface area contributed by atoms with Crippen molar-refractivity contribution in [3.8, 4) is 0 Å². The number of nitrogens with zero attached hydrogens (tertiary/aromatic N) is 2. The van der Waals surface area contributed by atoms with Crippen LogP contribution in [0.25, 0.3) is 11.0 Å². The molecule has 3 amide bonds. The largest absolute Gasteiger partial charge is 0.465 e. The molecule has 0 spiro atoms. The summed E-state index contributed by atoms with van der Waals surface area (Å²) in [6.07, 6.45) is -0.684. The molecule has 0 bridgehead atoms. The summed E-state index contributed by atoms with van der Waals surface area (Å²) in [5.74, 6) is -0.830. The van der Waals surface area contributed by atoms with Crippen LogP contribution in [0.2, 0.25) is 0 Å². The second kappa shape index (κ2) is 5.84. The quantitative estimate of drug-likeness (QED) is 0.687. The molecule has 0 aliphatic carbocycles. The van der Waals surface area contributed by atoms with E-state index in [9.17, 15) is 19.2 Å². The van der Waals surface area contributed by atoms with E-state index in [1.165, 1.54) is 9.13 Å². The van der Waals surface area contributed by atoms with Crippen molar-refractivity contribution in [1.29, 1.82) is 0 Å². The number of rotatable bonds is 3. The Balaban J connectivity index is 2.05. The number of aryl methyl sites for hydroxylation is 1. The minimum absolute atomic E-state index is 0.114. The van der Waals surface area contributed by atoms with Gasteiger partial charge in [0.1, 0.15) is 6.04 Å². The molecule has 2 aromatic rings. The van der Waals surface area contributed by atoms with Gasteiger partial charge in [0.15, 0.2) is 0 Å². The van der Waals surface area contributed by atoms with Crippen molar-refractivity contribution in [2.24, 2.45) is 7.05 Å². The van der Waals surface area contributed by atoms with Gasteiger partial charge in [0.25, 0.3) is 0 Å². The Hall–Kier alpha value is -3.10. The van der Waals surface area contributed by atoms with Crippen molar-refractivity contribution in [2.45, 2.75) is 25.4 Å². The maximum Gasteiger partial charge on any atom is 0.404 e. The predicted octanol–water partition coefficient (Wildman–Crippen LogP) is 0.0853. The van der Waals surface area contributed by atoms with Crippen LogP contribution in [0.4, 0.5) is 4.79 Å². The lowest BCUT2D eigenvalue weighted by Gasteiger charge is -2.21. The molecule has 1 unspecified atom stereocenters. The molecule has 3 rings (SSSR count). The van der Waals surface area contributed by atoms with Crippen molar-refractivity contribution in [3.05, 3.63) is 34.2 Å². The molecular formula is C15H16N4O5. The maximum atomic E-state index is 12.5. The number of imidazole rings is 1. The first kappa shape index (κ1) is 15.8. The summed E-state index contributed by atoms with van der Waals surface area (Å²) >= 11 is 0. The Kier molecular flexibility index (Phi) is 3.84. The van der Waals surface area contributed by atoms with E-state index in [4.69, 9.17) is 5.11 Å². The Labute approximate surface area is 135 Å². The SMILES string of the molecule is Cn1c(=O)n(C2CCC(=O)NC2=O)c2ccc(CNC(=O)O)cc21. The molecule has 24 heavy (non-hydrogen) atoms. The summed E-state index contributed by atoms with van der Waals surface area (Å²) in [5, 5.41) is 13.2. The van der Waals surface area contributed by atoms with Crippen molar-refractivity contribution in [2.75, 3.05) is 0 Å². The van der Waals surface area contributed by atoms with Gasteiger partial charge in [-0.2, -0.15) is 0 Å². The van der Waals surface area contributed by atoms with E-state index in [-0.39, 0.29) is 31.0 Å². The first-order chi connectivity index (χ1) is 11.4. The topological polar surface area (TPSA) is 122 Å². The molecule has 3 N–H and O–H groups in total. The number of piperidine rings is 1. The van der Waals surface area contributed by atoms with Crippen LogP contribution in [0.15, 0.2) is 23.0 Å². The summed E-state index contributed by atoms with van der Waals surface area (Å²) in [6, 6.07) is 4.34. The van der Waals surface area contributed by atoms with Gasteiger partial charge in [0.2, 0.25) is 11.8 Å². The van der Waals surface area contributed by atoms with Crippen molar-refractivity contribution in [1.82, 2.24) is 19.8 Å². The third-order valence-electron chi connectivity index (χ3n) is 4.12. The molecule has 1 aliphatic rings. The van der Waals surface area contributed by atoms with Gasteiger partial charge in [0.05, 0.1) is 11.0 Å². The van der Waals surface area contributed by atoms with E-state index < -0.39 is 18.0 Å². The van der Waals surface area contributed by atoms with Crippen molar-refractivity contribution >= 4 is 28.9 Å². The average molecular weight is 332 g/mol. The summed E-state index contributed by atoms with van der Waals surface area (Å²) in [4.78, 5) is 46.5. The number of carboxylic acid groups (broad SMARTS) is 1. The van der Waals surface area contributed by atoms with Gasteiger partial charge < -0.3 is 10.4 Å². The minimum atomic E-state index is -1.13. The number of aromatic nitrogens is 2. The van der Waals surface area contributed by atoms with Gasteiger partial charge >= 0.3 is 11.8 Å². The van der Waals surface area contributed by atoms with Gasteiger partial charge in [0, 0.05) is 20.0 Å². The second-order valence-corrected chi connectivity index (χ2v) is 5.66. The van der Waals surface area contributed by atoms with Crippen LogP contribution in [0, 0.1) is 0 Å². The standard InChI is InChI=1S/C15H16N4O5/c1-18-11-6-8(7-16-14(22)23)2-3-9(11)19(15(18)24)10-4-5-12(20)17-13(10)21/h2-3,6,10,16H,4-5,7H2,1H3,(H,22,23)(H,17,20,21). The van der Waals surface area contributed by atoms with Gasteiger partial charge in [-0.3, -0.25) is 24.0 Å². The zero-order valence-electron chi connectivity index (χ0n) is 12.9. The number of fused-ring (bicyclic) bond motifs is 1. The first-order valence-corrected chi connectivity index (χ1v) is 7.39. The molecule has 1 aromatic heterocycles. The van der Waals surface area contributed by atoms with E-state index in [0.717, 1.165) is 0 Å². The molecule has 1 aliphatic heterocycles.